The molecule has 0 spiro atoms. The smallest absolute Gasteiger partial charge is 0.251 e. The molecule has 3 rings (SSSR count). The lowest BCUT2D eigenvalue weighted by atomic mass is 10.2. The molecule has 0 aliphatic carbocycles. The summed E-state index contributed by atoms with van der Waals surface area (Å²) < 4.78 is 7.69. The van der Waals surface area contributed by atoms with E-state index in [1.54, 1.807) is 12.1 Å². The van der Waals surface area contributed by atoms with Crippen molar-refractivity contribution in [3.8, 4) is 5.75 Å². The van der Waals surface area contributed by atoms with E-state index >= 15 is 0 Å². The molecule has 1 amide bonds. The Bertz CT molecular complexity index is 899. The molecular weight excluding hydrogens is 326 g/mol. The number of carbonyl (C=O) groups excluding carboxylic acids is 1. The summed E-state index contributed by atoms with van der Waals surface area (Å²) in [6.45, 7) is 7.34. The molecule has 0 saturated heterocycles. The summed E-state index contributed by atoms with van der Waals surface area (Å²) in [5.74, 6) is 1.60. The molecule has 5 nitrogen and oxygen atoms in total. The predicted molar refractivity (Wildman–Crippen MR) is 104 cm³/mol. The normalized spacial score (nSPS) is 11.1. The van der Waals surface area contributed by atoms with Gasteiger partial charge in [0.05, 0.1) is 17.6 Å². The van der Waals surface area contributed by atoms with Crippen molar-refractivity contribution < 1.29 is 9.53 Å². The Morgan fingerprint density at radius 1 is 1.19 bits per heavy atom. The van der Waals surface area contributed by atoms with Gasteiger partial charge in [0.15, 0.2) is 0 Å². The molecule has 0 radical (unpaired) electrons. The highest BCUT2D eigenvalue weighted by Gasteiger charge is 2.13. The van der Waals surface area contributed by atoms with Crippen molar-refractivity contribution in [3.05, 3.63) is 59.9 Å². The SMILES string of the molecule is CCOc1cccc(C(=O)NCCc2nc3ccccc3n2C(C)C)c1. The van der Waals surface area contributed by atoms with E-state index < -0.39 is 0 Å². The third kappa shape index (κ3) is 3.87. The van der Waals surface area contributed by atoms with E-state index in [1.165, 1.54) is 0 Å². The Morgan fingerprint density at radius 3 is 2.77 bits per heavy atom. The van der Waals surface area contributed by atoms with E-state index in [1.807, 2.05) is 37.3 Å². The molecular formula is C21H25N3O2. The Kier molecular flexibility index (Phi) is 5.56. The number of nitrogens with zero attached hydrogens (tertiary/aromatic N) is 2. The standard InChI is InChI=1S/C21H25N3O2/c1-4-26-17-9-7-8-16(14-17)21(25)22-13-12-20-23-18-10-5-6-11-19(18)24(20)15(2)3/h5-11,14-15H,4,12-13H2,1-3H3,(H,22,25). The van der Waals surface area contributed by atoms with Crippen LogP contribution in [0.15, 0.2) is 48.5 Å². The Labute approximate surface area is 154 Å². The first kappa shape index (κ1) is 18.0. The van der Waals surface area contributed by atoms with Crippen LogP contribution in [0.1, 0.15) is 43.0 Å². The van der Waals surface area contributed by atoms with Gasteiger partial charge in [-0.05, 0) is 51.1 Å². The van der Waals surface area contributed by atoms with E-state index in [4.69, 9.17) is 9.72 Å². The number of nitrogens with one attached hydrogen (secondary N) is 1. The maximum Gasteiger partial charge on any atom is 0.251 e. The lowest BCUT2D eigenvalue weighted by Gasteiger charge is -2.13. The highest BCUT2D eigenvalue weighted by Crippen LogP contribution is 2.21. The van der Waals surface area contributed by atoms with Crippen molar-refractivity contribution in [2.75, 3.05) is 13.2 Å². The number of aromatic nitrogens is 2. The summed E-state index contributed by atoms with van der Waals surface area (Å²) in [5, 5.41) is 2.98. The third-order valence-corrected chi connectivity index (χ3v) is 4.23. The number of imidazole rings is 1. The minimum atomic E-state index is -0.0984. The quantitative estimate of drug-likeness (QED) is 0.700. The number of ether oxygens (including phenoxy) is 1. The van der Waals surface area contributed by atoms with Gasteiger partial charge in [-0.25, -0.2) is 4.98 Å². The number of benzene rings is 2. The summed E-state index contributed by atoms with van der Waals surface area (Å²) in [6.07, 6.45) is 0.684. The van der Waals surface area contributed by atoms with Gasteiger partial charge in [-0.15, -0.1) is 0 Å². The Balaban J connectivity index is 1.68. The minimum absolute atomic E-state index is 0.0984. The number of hydrogen-bond acceptors (Lipinski definition) is 3. The first-order valence-corrected chi connectivity index (χ1v) is 9.07. The summed E-state index contributed by atoms with van der Waals surface area (Å²) in [4.78, 5) is 17.1. The average molecular weight is 351 g/mol. The van der Waals surface area contributed by atoms with Crippen LogP contribution in [0.2, 0.25) is 0 Å². The van der Waals surface area contributed by atoms with Crippen molar-refractivity contribution in [2.45, 2.75) is 33.2 Å². The van der Waals surface area contributed by atoms with E-state index in [9.17, 15) is 4.79 Å². The van der Waals surface area contributed by atoms with E-state index in [-0.39, 0.29) is 5.91 Å². The summed E-state index contributed by atoms with van der Waals surface area (Å²) in [5.41, 5.74) is 2.73. The lowest BCUT2D eigenvalue weighted by Crippen LogP contribution is -2.26. The van der Waals surface area contributed by atoms with Crippen LogP contribution >= 0.6 is 0 Å². The Hall–Kier alpha value is -2.82. The molecule has 0 fully saturated rings. The van der Waals surface area contributed by atoms with Crippen LogP contribution < -0.4 is 10.1 Å². The van der Waals surface area contributed by atoms with Crippen LogP contribution in [0.5, 0.6) is 5.75 Å². The second-order valence-corrected chi connectivity index (χ2v) is 6.45. The summed E-state index contributed by atoms with van der Waals surface area (Å²) >= 11 is 0. The number of para-hydroxylation sites is 2. The zero-order valence-electron chi connectivity index (χ0n) is 15.5. The second-order valence-electron chi connectivity index (χ2n) is 6.45. The molecule has 0 aliphatic heterocycles. The molecule has 0 bridgehead atoms. The van der Waals surface area contributed by atoms with Crippen LogP contribution in [-0.2, 0) is 6.42 Å². The molecule has 1 aromatic heterocycles. The van der Waals surface area contributed by atoms with Crippen LogP contribution in [0.25, 0.3) is 11.0 Å². The van der Waals surface area contributed by atoms with Crippen LogP contribution in [-0.4, -0.2) is 28.6 Å². The van der Waals surface area contributed by atoms with Gasteiger partial charge in [-0.1, -0.05) is 18.2 Å². The van der Waals surface area contributed by atoms with Crippen LogP contribution in [0.3, 0.4) is 0 Å². The zero-order valence-corrected chi connectivity index (χ0v) is 15.5. The Morgan fingerprint density at radius 2 is 2.00 bits per heavy atom. The lowest BCUT2D eigenvalue weighted by molar-refractivity contribution is 0.0953. The first-order chi connectivity index (χ1) is 12.6. The summed E-state index contributed by atoms with van der Waals surface area (Å²) in [7, 11) is 0. The molecule has 0 atom stereocenters. The molecule has 1 heterocycles. The average Bonchev–Trinajstić information content (AvgIpc) is 3.00. The van der Waals surface area contributed by atoms with Gasteiger partial charge in [-0.2, -0.15) is 0 Å². The fourth-order valence-corrected chi connectivity index (χ4v) is 3.13. The second kappa shape index (κ2) is 8.04. The largest absolute Gasteiger partial charge is 0.494 e. The molecule has 1 N–H and O–H groups in total. The molecule has 136 valence electrons. The molecule has 2 aromatic carbocycles. The fourth-order valence-electron chi connectivity index (χ4n) is 3.13. The van der Waals surface area contributed by atoms with Crippen LogP contribution in [0, 0.1) is 0 Å². The minimum Gasteiger partial charge on any atom is -0.494 e. The fraction of sp³-hybridized carbons (Fsp3) is 0.333. The van der Waals surface area contributed by atoms with Crippen molar-refractivity contribution >= 4 is 16.9 Å². The van der Waals surface area contributed by atoms with Gasteiger partial charge in [0.2, 0.25) is 0 Å². The monoisotopic (exact) mass is 351 g/mol. The van der Waals surface area contributed by atoms with Gasteiger partial charge in [-0.3, -0.25) is 4.79 Å². The number of fused-ring (bicyclic) bond motifs is 1. The van der Waals surface area contributed by atoms with Crippen LogP contribution in [0.4, 0.5) is 0 Å². The van der Waals surface area contributed by atoms with Gasteiger partial charge < -0.3 is 14.6 Å². The van der Waals surface area contributed by atoms with Gasteiger partial charge >= 0.3 is 0 Å². The van der Waals surface area contributed by atoms with Crippen molar-refractivity contribution in [1.29, 1.82) is 0 Å². The van der Waals surface area contributed by atoms with Crippen molar-refractivity contribution in [2.24, 2.45) is 0 Å². The number of rotatable bonds is 7. The third-order valence-electron chi connectivity index (χ3n) is 4.23. The maximum atomic E-state index is 12.4. The molecule has 0 unspecified atom stereocenters. The van der Waals surface area contributed by atoms with E-state index in [0.29, 0.717) is 36.9 Å². The van der Waals surface area contributed by atoms with Gasteiger partial charge in [0, 0.05) is 24.6 Å². The van der Waals surface area contributed by atoms with E-state index in [0.717, 1.165) is 16.9 Å². The van der Waals surface area contributed by atoms with Crippen molar-refractivity contribution in [3.63, 3.8) is 0 Å². The highest BCUT2D eigenvalue weighted by molar-refractivity contribution is 5.94. The maximum absolute atomic E-state index is 12.4. The predicted octanol–water partition coefficient (Wildman–Crippen LogP) is 3.99. The van der Waals surface area contributed by atoms with Crippen molar-refractivity contribution in [1.82, 2.24) is 14.9 Å². The van der Waals surface area contributed by atoms with Gasteiger partial charge in [0.1, 0.15) is 11.6 Å². The molecule has 5 heteroatoms. The number of carbonyl (C=O) groups is 1. The molecule has 0 aliphatic rings. The number of amides is 1. The highest BCUT2D eigenvalue weighted by atomic mass is 16.5. The molecule has 26 heavy (non-hydrogen) atoms. The first-order valence-electron chi connectivity index (χ1n) is 9.07. The van der Waals surface area contributed by atoms with E-state index in [2.05, 4.69) is 29.8 Å². The number of hydrogen-bond donors (Lipinski definition) is 1. The topological polar surface area (TPSA) is 56.1 Å². The molecule has 3 aromatic rings. The van der Waals surface area contributed by atoms with Gasteiger partial charge in [0.25, 0.3) is 5.91 Å². The molecule has 0 saturated carbocycles. The summed E-state index contributed by atoms with van der Waals surface area (Å²) in [6, 6.07) is 15.7. The zero-order chi connectivity index (χ0) is 18.5.